The first-order valence-corrected chi connectivity index (χ1v) is 12.1. The molecule has 0 aromatic heterocycles. The first-order chi connectivity index (χ1) is 14.3. The highest BCUT2D eigenvalue weighted by molar-refractivity contribution is 7.87. The van der Waals surface area contributed by atoms with Crippen LogP contribution >= 0.6 is 7.60 Å². The molecule has 0 aliphatic carbocycles. The Labute approximate surface area is 175 Å². The van der Waals surface area contributed by atoms with Gasteiger partial charge >= 0.3 is 17.7 Å². The van der Waals surface area contributed by atoms with Gasteiger partial charge in [-0.15, -0.1) is 0 Å². The Bertz CT molecular complexity index is 1260. The van der Waals surface area contributed by atoms with Gasteiger partial charge in [-0.25, -0.2) is 4.57 Å². The number of fused-ring (bicyclic) bond motifs is 1. The molecule has 0 bridgehead atoms. The van der Waals surface area contributed by atoms with Crippen LogP contribution in [0.25, 0.3) is 11.1 Å². The van der Waals surface area contributed by atoms with Crippen molar-refractivity contribution in [3.05, 3.63) is 95.6 Å². The molecule has 0 fully saturated rings. The van der Waals surface area contributed by atoms with E-state index in [9.17, 15) is 13.0 Å². The normalized spacial score (nSPS) is 18.5. The van der Waals surface area contributed by atoms with E-state index in [1.165, 1.54) is 19.2 Å². The molecule has 0 saturated carbocycles. The van der Waals surface area contributed by atoms with Gasteiger partial charge in [0.05, 0.1) is 5.56 Å². The molecule has 6 nitrogen and oxygen atoms in total. The molecule has 3 aromatic rings. The summed E-state index contributed by atoms with van der Waals surface area (Å²) in [5.74, 6) is 0.144. The van der Waals surface area contributed by atoms with Crippen LogP contribution in [-0.2, 0) is 23.4 Å². The molecule has 0 amide bonds. The fourth-order valence-corrected chi connectivity index (χ4v) is 5.79. The Kier molecular flexibility index (Phi) is 5.28. The van der Waals surface area contributed by atoms with E-state index < -0.39 is 17.7 Å². The van der Waals surface area contributed by atoms with Crippen LogP contribution in [0.3, 0.4) is 0 Å². The summed E-state index contributed by atoms with van der Waals surface area (Å²) >= 11 is 0. The van der Waals surface area contributed by atoms with Crippen molar-refractivity contribution >= 4 is 28.8 Å². The zero-order valence-corrected chi connectivity index (χ0v) is 18.0. The molecule has 0 saturated heterocycles. The van der Waals surface area contributed by atoms with Crippen LogP contribution in [0.2, 0.25) is 0 Å². The van der Waals surface area contributed by atoms with Gasteiger partial charge in [-0.1, -0.05) is 60.2 Å². The van der Waals surface area contributed by atoms with Crippen molar-refractivity contribution in [3.63, 3.8) is 0 Å². The van der Waals surface area contributed by atoms with Crippen molar-refractivity contribution in [2.75, 3.05) is 7.11 Å². The van der Waals surface area contributed by atoms with Gasteiger partial charge < -0.3 is 8.71 Å². The Morgan fingerprint density at radius 2 is 1.50 bits per heavy atom. The lowest BCUT2D eigenvalue weighted by molar-refractivity contribution is 0.331. The molecule has 0 N–H and O–H groups in total. The molecule has 154 valence electrons. The summed E-state index contributed by atoms with van der Waals surface area (Å²) in [6.07, 6.45) is 0. The van der Waals surface area contributed by atoms with Crippen molar-refractivity contribution in [1.82, 2.24) is 0 Å². The smallest absolute Gasteiger partial charge is 0.414 e. The third kappa shape index (κ3) is 3.67. The summed E-state index contributed by atoms with van der Waals surface area (Å²) in [5.41, 5.74) is 1.76. The number of aryl methyl sites for hydroxylation is 1. The number of rotatable bonds is 5. The highest BCUT2D eigenvalue weighted by Gasteiger charge is 2.43. The van der Waals surface area contributed by atoms with Gasteiger partial charge in [0.15, 0.2) is 5.76 Å². The highest BCUT2D eigenvalue weighted by Crippen LogP contribution is 2.66. The topological polar surface area (TPSA) is 78.9 Å². The second kappa shape index (κ2) is 7.76. The van der Waals surface area contributed by atoms with Gasteiger partial charge in [-0.3, -0.25) is 4.52 Å². The van der Waals surface area contributed by atoms with Gasteiger partial charge in [0.2, 0.25) is 0 Å². The summed E-state index contributed by atoms with van der Waals surface area (Å²) in [4.78, 5) is -0.00997. The first kappa shape index (κ1) is 20.4. The average Bonchev–Trinajstić information content (AvgIpc) is 2.74. The van der Waals surface area contributed by atoms with E-state index in [1.807, 2.05) is 6.92 Å². The van der Waals surface area contributed by atoms with E-state index in [0.717, 1.165) is 5.56 Å². The maximum atomic E-state index is 13.6. The fourth-order valence-electron chi connectivity index (χ4n) is 3.12. The fraction of sp³-hybridized carbons (Fsp3) is 0.0909. The summed E-state index contributed by atoms with van der Waals surface area (Å²) in [6.45, 7) is 1.86. The molecule has 1 atom stereocenters. The summed E-state index contributed by atoms with van der Waals surface area (Å²) in [6, 6.07) is 21.6. The third-order valence-corrected chi connectivity index (χ3v) is 7.79. The lowest BCUT2D eigenvalue weighted by atomic mass is 10.1. The summed E-state index contributed by atoms with van der Waals surface area (Å²) < 4.78 is 56.3. The minimum Gasteiger partial charge on any atom is -0.420 e. The molecule has 30 heavy (non-hydrogen) atoms. The van der Waals surface area contributed by atoms with Gasteiger partial charge in [0.1, 0.15) is 16.0 Å². The molecule has 3 aromatic carbocycles. The predicted octanol–water partition coefficient (Wildman–Crippen LogP) is 5.46. The molecule has 1 aliphatic rings. The second-order valence-electron chi connectivity index (χ2n) is 6.66. The second-order valence-corrected chi connectivity index (χ2v) is 10.2. The van der Waals surface area contributed by atoms with Crippen LogP contribution in [0.1, 0.15) is 16.7 Å². The van der Waals surface area contributed by atoms with Gasteiger partial charge in [0.25, 0.3) is 0 Å². The van der Waals surface area contributed by atoms with E-state index in [0.29, 0.717) is 11.1 Å². The van der Waals surface area contributed by atoms with Crippen molar-refractivity contribution in [2.45, 2.75) is 11.8 Å². The SMILES string of the molecule is COP1(=O)Oc2ccccc2C(OS(=O)(=O)c2ccc(C)cc2)=C1c1ccccc1. The van der Waals surface area contributed by atoms with E-state index in [1.54, 1.807) is 66.7 Å². The van der Waals surface area contributed by atoms with Crippen LogP contribution in [-0.4, -0.2) is 15.5 Å². The van der Waals surface area contributed by atoms with Crippen molar-refractivity contribution in [1.29, 1.82) is 0 Å². The summed E-state index contributed by atoms with van der Waals surface area (Å²) in [5, 5.41) is 0.0555. The molecule has 0 radical (unpaired) electrons. The monoisotopic (exact) mass is 442 g/mol. The van der Waals surface area contributed by atoms with E-state index in [-0.39, 0.29) is 21.7 Å². The number of hydrogen-bond acceptors (Lipinski definition) is 6. The van der Waals surface area contributed by atoms with Crippen molar-refractivity contribution < 1.29 is 26.2 Å². The number of hydrogen-bond donors (Lipinski definition) is 0. The van der Waals surface area contributed by atoms with Crippen LogP contribution < -0.4 is 4.52 Å². The highest BCUT2D eigenvalue weighted by atomic mass is 32.2. The van der Waals surface area contributed by atoms with Gasteiger partial charge in [0, 0.05) is 7.11 Å². The Hall–Kier alpha value is -2.86. The van der Waals surface area contributed by atoms with Gasteiger partial charge in [-0.2, -0.15) is 8.42 Å². The van der Waals surface area contributed by atoms with Crippen LogP contribution in [0, 0.1) is 6.92 Å². The Balaban J connectivity index is 1.97. The molecule has 8 heteroatoms. The minimum atomic E-state index is -4.21. The third-order valence-electron chi connectivity index (χ3n) is 4.63. The quantitative estimate of drug-likeness (QED) is 0.386. The number of para-hydroxylation sites is 1. The van der Waals surface area contributed by atoms with Crippen LogP contribution in [0.15, 0.2) is 83.8 Å². The Morgan fingerprint density at radius 3 is 2.17 bits per heavy atom. The first-order valence-electron chi connectivity index (χ1n) is 9.10. The van der Waals surface area contributed by atoms with E-state index in [2.05, 4.69) is 0 Å². The zero-order valence-electron chi connectivity index (χ0n) is 16.3. The minimum absolute atomic E-state index is 0.00997. The van der Waals surface area contributed by atoms with Crippen molar-refractivity contribution in [3.8, 4) is 5.75 Å². The number of benzene rings is 3. The van der Waals surface area contributed by atoms with Crippen LogP contribution in [0.4, 0.5) is 0 Å². The van der Waals surface area contributed by atoms with E-state index in [4.69, 9.17) is 13.2 Å². The molecular formula is C22H19O6PS. The lowest BCUT2D eigenvalue weighted by Crippen LogP contribution is -2.13. The molecule has 1 unspecified atom stereocenters. The van der Waals surface area contributed by atoms with Gasteiger partial charge in [-0.05, 0) is 36.8 Å². The van der Waals surface area contributed by atoms with Crippen LogP contribution in [0.5, 0.6) is 5.75 Å². The van der Waals surface area contributed by atoms with Crippen molar-refractivity contribution in [2.24, 2.45) is 0 Å². The molecule has 4 rings (SSSR count). The maximum absolute atomic E-state index is 13.6. The van der Waals surface area contributed by atoms with E-state index >= 15 is 0 Å². The predicted molar refractivity (Wildman–Crippen MR) is 114 cm³/mol. The largest absolute Gasteiger partial charge is 0.420 e. The Morgan fingerprint density at radius 1 is 0.867 bits per heavy atom. The average molecular weight is 442 g/mol. The molecule has 1 aliphatic heterocycles. The zero-order chi connectivity index (χ0) is 21.4. The molecular weight excluding hydrogens is 423 g/mol. The molecule has 1 heterocycles. The lowest BCUT2D eigenvalue weighted by Gasteiger charge is -2.29. The standard InChI is InChI=1S/C22H19O6PS/c1-16-12-14-18(15-13-16)30(24,25)28-21-19-10-6-7-11-20(19)27-29(23,26-2)22(21)17-8-4-3-5-9-17/h3-15H,1-2H3. The molecule has 0 spiro atoms. The maximum Gasteiger partial charge on any atom is 0.414 e. The summed E-state index contributed by atoms with van der Waals surface area (Å²) in [7, 11) is -6.87.